The highest BCUT2D eigenvalue weighted by molar-refractivity contribution is 9.10. The predicted molar refractivity (Wildman–Crippen MR) is 81.5 cm³/mol. The van der Waals surface area contributed by atoms with Crippen molar-refractivity contribution in [2.24, 2.45) is 0 Å². The molecule has 2 aromatic rings. The van der Waals surface area contributed by atoms with E-state index in [-0.39, 0.29) is 11.9 Å². The summed E-state index contributed by atoms with van der Waals surface area (Å²) in [7, 11) is 0. The van der Waals surface area contributed by atoms with Crippen LogP contribution in [0.5, 0.6) is 0 Å². The van der Waals surface area contributed by atoms with Crippen molar-refractivity contribution in [3.05, 3.63) is 69.2 Å². The zero-order valence-electron chi connectivity index (χ0n) is 10.4. The van der Waals surface area contributed by atoms with Gasteiger partial charge in [-0.1, -0.05) is 35.9 Å². The molecule has 2 rings (SSSR count). The summed E-state index contributed by atoms with van der Waals surface area (Å²) < 4.78 is 0.783. The van der Waals surface area contributed by atoms with E-state index in [1.807, 2.05) is 49.4 Å². The summed E-state index contributed by atoms with van der Waals surface area (Å²) in [4.78, 5) is 12.2. The van der Waals surface area contributed by atoms with Crippen molar-refractivity contribution in [2.75, 3.05) is 0 Å². The van der Waals surface area contributed by atoms with Crippen molar-refractivity contribution in [1.82, 2.24) is 5.32 Å². The maximum atomic E-state index is 12.2. The molecule has 0 fully saturated rings. The molecule has 1 N–H and O–H groups in total. The topological polar surface area (TPSA) is 29.1 Å². The van der Waals surface area contributed by atoms with Gasteiger partial charge in [-0.2, -0.15) is 0 Å². The second-order valence-corrected chi connectivity index (χ2v) is 5.52. The van der Waals surface area contributed by atoms with Crippen molar-refractivity contribution in [3.8, 4) is 0 Å². The second kappa shape index (κ2) is 6.22. The predicted octanol–water partition coefficient (Wildman–Crippen LogP) is 4.59. The standard InChI is InChI=1S/C15H13BrClNO/c1-10(11-5-4-6-12(17)9-11)18-15(19)13-7-2-3-8-14(13)16/h2-10H,1H3,(H,18,19). The van der Waals surface area contributed by atoms with E-state index in [0.717, 1.165) is 10.0 Å². The Labute approximate surface area is 125 Å². The van der Waals surface area contributed by atoms with Gasteiger partial charge in [-0.25, -0.2) is 0 Å². The number of rotatable bonds is 3. The third kappa shape index (κ3) is 3.58. The fraction of sp³-hybridized carbons (Fsp3) is 0.133. The number of halogens is 2. The van der Waals surface area contributed by atoms with Crippen LogP contribution in [0, 0.1) is 0 Å². The van der Waals surface area contributed by atoms with Gasteiger partial charge in [-0.3, -0.25) is 4.79 Å². The van der Waals surface area contributed by atoms with E-state index in [0.29, 0.717) is 10.6 Å². The summed E-state index contributed by atoms with van der Waals surface area (Å²) in [5.74, 6) is -0.111. The van der Waals surface area contributed by atoms with E-state index in [1.54, 1.807) is 6.07 Å². The molecule has 0 bridgehead atoms. The largest absolute Gasteiger partial charge is 0.345 e. The highest BCUT2D eigenvalue weighted by Gasteiger charge is 2.13. The van der Waals surface area contributed by atoms with Crippen LogP contribution in [0.2, 0.25) is 5.02 Å². The quantitative estimate of drug-likeness (QED) is 0.871. The minimum absolute atomic E-state index is 0.0988. The Morgan fingerprint density at radius 1 is 1.21 bits per heavy atom. The first-order chi connectivity index (χ1) is 9.08. The van der Waals surface area contributed by atoms with Crippen LogP contribution in [0.1, 0.15) is 28.9 Å². The Hall–Kier alpha value is -1.32. The van der Waals surface area contributed by atoms with Gasteiger partial charge in [0.1, 0.15) is 0 Å². The Kier molecular flexibility index (Phi) is 4.61. The van der Waals surface area contributed by atoms with Gasteiger partial charge in [-0.05, 0) is 52.7 Å². The summed E-state index contributed by atoms with van der Waals surface area (Å²) in [6.07, 6.45) is 0. The van der Waals surface area contributed by atoms with Gasteiger partial charge in [-0.15, -0.1) is 0 Å². The summed E-state index contributed by atoms with van der Waals surface area (Å²) in [5, 5.41) is 3.62. The minimum atomic E-state index is -0.111. The number of amides is 1. The number of nitrogens with one attached hydrogen (secondary N) is 1. The molecule has 0 aromatic heterocycles. The third-order valence-corrected chi connectivity index (χ3v) is 3.74. The zero-order valence-corrected chi connectivity index (χ0v) is 12.7. The van der Waals surface area contributed by atoms with Crippen molar-refractivity contribution in [2.45, 2.75) is 13.0 Å². The summed E-state index contributed by atoms with van der Waals surface area (Å²) in [5.41, 5.74) is 1.60. The number of carbonyl (C=O) groups is 1. The molecular weight excluding hydrogens is 326 g/mol. The molecule has 19 heavy (non-hydrogen) atoms. The highest BCUT2D eigenvalue weighted by Crippen LogP contribution is 2.20. The van der Waals surface area contributed by atoms with Crippen LogP contribution < -0.4 is 5.32 Å². The highest BCUT2D eigenvalue weighted by atomic mass is 79.9. The lowest BCUT2D eigenvalue weighted by Crippen LogP contribution is -2.26. The maximum absolute atomic E-state index is 12.2. The molecule has 0 heterocycles. The third-order valence-electron chi connectivity index (χ3n) is 2.81. The Balaban J connectivity index is 2.13. The number of benzene rings is 2. The molecule has 0 saturated heterocycles. The summed E-state index contributed by atoms with van der Waals surface area (Å²) in [6, 6.07) is 14.7. The van der Waals surface area contributed by atoms with Crippen LogP contribution in [-0.2, 0) is 0 Å². The van der Waals surface area contributed by atoms with E-state index in [1.165, 1.54) is 0 Å². The van der Waals surface area contributed by atoms with Crippen LogP contribution in [0.15, 0.2) is 53.0 Å². The fourth-order valence-corrected chi connectivity index (χ4v) is 2.44. The molecule has 1 unspecified atom stereocenters. The number of carbonyl (C=O) groups excluding carboxylic acids is 1. The van der Waals surface area contributed by atoms with Gasteiger partial charge in [0.25, 0.3) is 5.91 Å². The Morgan fingerprint density at radius 2 is 1.95 bits per heavy atom. The lowest BCUT2D eigenvalue weighted by Gasteiger charge is -2.15. The van der Waals surface area contributed by atoms with E-state index >= 15 is 0 Å². The molecule has 98 valence electrons. The number of hydrogen-bond donors (Lipinski definition) is 1. The SMILES string of the molecule is CC(NC(=O)c1ccccc1Br)c1cccc(Cl)c1. The lowest BCUT2D eigenvalue weighted by atomic mass is 10.1. The smallest absolute Gasteiger partial charge is 0.252 e. The Morgan fingerprint density at radius 3 is 2.63 bits per heavy atom. The van der Waals surface area contributed by atoms with Crippen molar-refractivity contribution < 1.29 is 4.79 Å². The monoisotopic (exact) mass is 337 g/mol. The number of hydrogen-bond acceptors (Lipinski definition) is 1. The maximum Gasteiger partial charge on any atom is 0.252 e. The van der Waals surface area contributed by atoms with Gasteiger partial charge in [0.15, 0.2) is 0 Å². The molecule has 0 aliphatic carbocycles. The van der Waals surface area contributed by atoms with E-state index in [9.17, 15) is 4.79 Å². The fourth-order valence-electron chi connectivity index (χ4n) is 1.78. The Bertz CT molecular complexity index is 600. The molecule has 0 aliphatic rings. The molecule has 0 saturated carbocycles. The normalized spacial score (nSPS) is 11.9. The van der Waals surface area contributed by atoms with Gasteiger partial charge in [0.2, 0.25) is 0 Å². The lowest BCUT2D eigenvalue weighted by molar-refractivity contribution is 0.0939. The zero-order chi connectivity index (χ0) is 13.8. The molecule has 0 spiro atoms. The minimum Gasteiger partial charge on any atom is -0.345 e. The molecule has 4 heteroatoms. The molecule has 1 atom stereocenters. The van der Waals surface area contributed by atoms with Crippen molar-refractivity contribution in [3.63, 3.8) is 0 Å². The molecule has 0 radical (unpaired) electrons. The van der Waals surface area contributed by atoms with Crippen LogP contribution >= 0.6 is 27.5 Å². The molecule has 2 nitrogen and oxygen atoms in total. The second-order valence-electron chi connectivity index (χ2n) is 4.23. The average Bonchev–Trinajstić information content (AvgIpc) is 2.39. The van der Waals surface area contributed by atoms with E-state index in [2.05, 4.69) is 21.2 Å². The van der Waals surface area contributed by atoms with Crippen molar-refractivity contribution in [1.29, 1.82) is 0 Å². The molecule has 2 aromatic carbocycles. The van der Waals surface area contributed by atoms with Crippen LogP contribution in [0.4, 0.5) is 0 Å². The first-order valence-electron chi connectivity index (χ1n) is 5.89. The molecular formula is C15H13BrClNO. The average molecular weight is 339 g/mol. The molecule has 0 aliphatic heterocycles. The summed E-state index contributed by atoms with van der Waals surface area (Å²) in [6.45, 7) is 1.93. The van der Waals surface area contributed by atoms with Gasteiger partial charge < -0.3 is 5.32 Å². The van der Waals surface area contributed by atoms with E-state index in [4.69, 9.17) is 11.6 Å². The van der Waals surface area contributed by atoms with E-state index < -0.39 is 0 Å². The van der Waals surface area contributed by atoms with Gasteiger partial charge in [0, 0.05) is 9.50 Å². The van der Waals surface area contributed by atoms with Gasteiger partial charge in [0.05, 0.1) is 11.6 Å². The first kappa shape index (κ1) is 14.1. The first-order valence-corrected chi connectivity index (χ1v) is 7.06. The van der Waals surface area contributed by atoms with Crippen LogP contribution in [0.3, 0.4) is 0 Å². The van der Waals surface area contributed by atoms with Gasteiger partial charge >= 0.3 is 0 Å². The van der Waals surface area contributed by atoms with Crippen LogP contribution in [-0.4, -0.2) is 5.91 Å². The molecule has 1 amide bonds. The summed E-state index contributed by atoms with van der Waals surface area (Å²) >= 11 is 9.32. The van der Waals surface area contributed by atoms with Crippen molar-refractivity contribution >= 4 is 33.4 Å². The van der Waals surface area contributed by atoms with Crippen LogP contribution in [0.25, 0.3) is 0 Å².